The standard InChI is InChI=1S/C11H14N4OS/c12-8(17)11(4-1-2-5-11)9(16)15-10-13-6-3-7-14-10/h3,6-7H,1-2,4-5H2,(H2,12,17)(H,13,14,15,16). The normalized spacial score (nSPS) is 17.6. The van der Waals surface area contributed by atoms with Crippen LogP contribution in [0.2, 0.25) is 0 Å². The highest BCUT2D eigenvalue weighted by Gasteiger charge is 2.44. The third-order valence-corrected chi connectivity index (χ3v) is 3.55. The lowest BCUT2D eigenvalue weighted by Gasteiger charge is -2.25. The number of thiocarbonyl (C=S) groups is 1. The molecule has 90 valence electrons. The number of amides is 1. The van der Waals surface area contributed by atoms with Gasteiger partial charge in [-0.05, 0) is 18.9 Å². The largest absolute Gasteiger partial charge is 0.392 e. The molecule has 0 atom stereocenters. The first-order valence-corrected chi connectivity index (χ1v) is 5.94. The van der Waals surface area contributed by atoms with Gasteiger partial charge in [0.15, 0.2) is 0 Å². The smallest absolute Gasteiger partial charge is 0.239 e. The fourth-order valence-electron chi connectivity index (χ4n) is 2.15. The van der Waals surface area contributed by atoms with Crippen molar-refractivity contribution in [1.82, 2.24) is 9.97 Å². The number of carbonyl (C=O) groups excluding carboxylic acids is 1. The molecule has 0 aliphatic heterocycles. The molecule has 1 aliphatic rings. The number of nitrogens with zero attached hydrogens (tertiary/aromatic N) is 2. The fourth-order valence-corrected chi connectivity index (χ4v) is 2.45. The maximum absolute atomic E-state index is 12.2. The van der Waals surface area contributed by atoms with Crippen LogP contribution in [0.15, 0.2) is 18.5 Å². The molecule has 0 spiro atoms. The summed E-state index contributed by atoms with van der Waals surface area (Å²) in [7, 11) is 0. The second-order valence-electron chi connectivity index (χ2n) is 4.18. The first-order chi connectivity index (χ1) is 8.15. The monoisotopic (exact) mass is 250 g/mol. The first-order valence-electron chi connectivity index (χ1n) is 5.53. The van der Waals surface area contributed by atoms with Gasteiger partial charge in [-0.15, -0.1) is 0 Å². The molecule has 3 N–H and O–H groups in total. The molecule has 2 rings (SSSR count). The molecule has 1 saturated carbocycles. The van der Waals surface area contributed by atoms with Gasteiger partial charge in [-0.2, -0.15) is 0 Å². The Kier molecular flexibility index (Phi) is 3.33. The van der Waals surface area contributed by atoms with Crippen molar-refractivity contribution in [3.8, 4) is 0 Å². The molecule has 1 aromatic rings. The highest BCUT2D eigenvalue weighted by molar-refractivity contribution is 7.80. The second kappa shape index (κ2) is 4.75. The SMILES string of the molecule is NC(=S)C1(C(=O)Nc2ncccn2)CCCC1. The summed E-state index contributed by atoms with van der Waals surface area (Å²) in [5.74, 6) is 0.105. The minimum Gasteiger partial charge on any atom is -0.392 e. The Balaban J connectivity index is 2.16. The van der Waals surface area contributed by atoms with E-state index in [0.29, 0.717) is 18.8 Å². The topological polar surface area (TPSA) is 80.9 Å². The molecule has 0 aromatic carbocycles. The average Bonchev–Trinajstić information content (AvgIpc) is 2.80. The van der Waals surface area contributed by atoms with E-state index in [2.05, 4.69) is 15.3 Å². The van der Waals surface area contributed by atoms with E-state index in [9.17, 15) is 4.79 Å². The number of carbonyl (C=O) groups is 1. The van der Waals surface area contributed by atoms with Crippen LogP contribution < -0.4 is 11.1 Å². The predicted octanol–water partition coefficient (Wildman–Crippen LogP) is 1.26. The molecule has 1 aliphatic carbocycles. The lowest BCUT2D eigenvalue weighted by atomic mass is 9.85. The summed E-state index contributed by atoms with van der Waals surface area (Å²) in [4.78, 5) is 20.4. The highest BCUT2D eigenvalue weighted by Crippen LogP contribution is 2.39. The highest BCUT2D eigenvalue weighted by atomic mass is 32.1. The van der Waals surface area contributed by atoms with E-state index in [-0.39, 0.29) is 10.9 Å². The van der Waals surface area contributed by atoms with Crippen LogP contribution in [0.25, 0.3) is 0 Å². The molecule has 0 radical (unpaired) electrons. The number of aromatic nitrogens is 2. The van der Waals surface area contributed by atoms with Gasteiger partial charge in [0.25, 0.3) is 0 Å². The van der Waals surface area contributed by atoms with E-state index in [1.165, 1.54) is 0 Å². The summed E-state index contributed by atoms with van der Waals surface area (Å²) in [6.45, 7) is 0. The molecule has 0 unspecified atom stereocenters. The van der Waals surface area contributed by atoms with Crippen LogP contribution in [0.3, 0.4) is 0 Å². The Bertz CT molecular complexity index is 428. The summed E-state index contributed by atoms with van der Waals surface area (Å²) in [5, 5.41) is 2.68. The molecule has 0 bridgehead atoms. The maximum atomic E-state index is 12.2. The van der Waals surface area contributed by atoms with Crippen molar-refractivity contribution in [2.45, 2.75) is 25.7 Å². The van der Waals surface area contributed by atoms with Crippen molar-refractivity contribution in [2.75, 3.05) is 5.32 Å². The van der Waals surface area contributed by atoms with Crippen LogP contribution in [0.4, 0.5) is 5.95 Å². The minimum absolute atomic E-state index is 0.186. The van der Waals surface area contributed by atoms with Crippen LogP contribution in [-0.4, -0.2) is 20.9 Å². The molecule has 1 fully saturated rings. The number of anilines is 1. The second-order valence-corrected chi connectivity index (χ2v) is 4.62. The van der Waals surface area contributed by atoms with Crippen molar-refractivity contribution in [2.24, 2.45) is 11.1 Å². The summed E-state index contributed by atoms with van der Waals surface area (Å²) in [6, 6.07) is 1.69. The number of hydrogen-bond donors (Lipinski definition) is 2. The zero-order valence-electron chi connectivity index (χ0n) is 9.35. The van der Waals surface area contributed by atoms with E-state index in [1.807, 2.05) is 0 Å². The van der Waals surface area contributed by atoms with Gasteiger partial charge in [0.05, 0.1) is 10.4 Å². The van der Waals surface area contributed by atoms with Crippen LogP contribution >= 0.6 is 12.2 Å². The third-order valence-electron chi connectivity index (χ3n) is 3.15. The molecule has 1 amide bonds. The van der Waals surface area contributed by atoms with Gasteiger partial charge in [-0.1, -0.05) is 25.1 Å². The number of nitrogens with one attached hydrogen (secondary N) is 1. The van der Waals surface area contributed by atoms with Gasteiger partial charge in [0.1, 0.15) is 0 Å². The van der Waals surface area contributed by atoms with Crippen LogP contribution in [0.1, 0.15) is 25.7 Å². The Morgan fingerprint density at radius 3 is 2.47 bits per heavy atom. The first kappa shape index (κ1) is 11.9. The van der Waals surface area contributed by atoms with E-state index in [1.54, 1.807) is 18.5 Å². The van der Waals surface area contributed by atoms with E-state index >= 15 is 0 Å². The summed E-state index contributed by atoms with van der Waals surface area (Å²) in [5.41, 5.74) is 5.00. The number of nitrogens with two attached hydrogens (primary N) is 1. The van der Waals surface area contributed by atoms with E-state index < -0.39 is 5.41 Å². The fraction of sp³-hybridized carbons (Fsp3) is 0.455. The maximum Gasteiger partial charge on any atom is 0.239 e. The lowest BCUT2D eigenvalue weighted by molar-refractivity contribution is -0.122. The summed E-state index contributed by atoms with van der Waals surface area (Å²) >= 11 is 5.04. The molecule has 1 aromatic heterocycles. The summed E-state index contributed by atoms with van der Waals surface area (Å²) in [6.07, 6.45) is 6.51. The molecule has 1 heterocycles. The van der Waals surface area contributed by atoms with Crippen molar-refractivity contribution in [3.05, 3.63) is 18.5 Å². The van der Waals surface area contributed by atoms with Gasteiger partial charge >= 0.3 is 0 Å². The van der Waals surface area contributed by atoms with Crippen molar-refractivity contribution < 1.29 is 4.79 Å². The van der Waals surface area contributed by atoms with Crippen molar-refractivity contribution in [3.63, 3.8) is 0 Å². The quantitative estimate of drug-likeness (QED) is 0.789. The predicted molar refractivity (Wildman–Crippen MR) is 68.3 cm³/mol. The zero-order valence-corrected chi connectivity index (χ0v) is 10.2. The van der Waals surface area contributed by atoms with Crippen LogP contribution in [0, 0.1) is 5.41 Å². The summed E-state index contributed by atoms with van der Waals surface area (Å²) < 4.78 is 0. The molecule has 17 heavy (non-hydrogen) atoms. The van der Waals surface area contributed by atoms with Gasteiger partial charge in [-0.25, -0.2) is 9.97 Å². The van der Waals surface area contributed by atoms with Crippen molar-refractivity contribution in [1.29, 1.82) is 0 Å². The van der Waals surface area contributed by atoms with Gasteiger partial charge < -0.3 is 5.73 Å². The molecular formula is C11H14N4OS. The Morgan fingerprint density at radius 2 is 1.94 bits per heavy atom. The van der Waals surface area contributed by atoms with E-state index in [4.69, 9.17) is 18.0 Å². The number of hydrogen-bond acceptors (Lipinski definition) is 4. The Hall–Kier alpha value is -1.56. The molecular weight excluding hydrogens is 236 g/mol. The Labute approximate surface area is 105 Å². The van der Waals surface area contributed by atoms with Crippen LogP contribution in [-0.2, 0) is 4.79 Å². The molecule has 6 heteroatoms. The molecule has 5 nitrogen and oxygen atoms in total. The lowest BCUT2D eigenvalue weighted by Crippen LogP contribution is -2.44. The minimum atomic E-state index is -0.714. The zero-order chi connectivity index (χ0) is 12.3. The van der Waals surface area contributed by atoms with Gasteiger partial charge in [0.2, 0.25) is 11.9 Å². The van der Waals surface area contributed by atoms with Crippen molar-refractivity contribution >= 4 is 29.1 Å². The van der Waals surface area contributed by atoms with E-state index in [0.717, 1.165) is 12.8 Å². The third kappa shape index (κ3) is 2.26. The Morgan fingerprint density at radius 1 is 1.35 bits per heavy atom. The average molecular weight is 250 g/mol. The van der Waals surface area contributed by atoms with Gasteiger partial charge in [-0.3, -0.25) is 10.1 Å². The van der Waals surface area contributed by atoms with Crippen LogP contribution in [0.5, 0.6) is 0 Å². The van der Waals surface area contributed by atoms with Gasteiger partial charge in [0, 0.05) is 12.4 Å². The number of rotatable bonds is 3. The molecule has 0 saturated heterocycles.